The van der Waals surface area contributed by atoms with Crippen molar-refractivity contribution in [3.63, 3.8) is 0 Å². The maximum absolute atomic E-state index is 10.7. The molecule has 1 aromatic heterocycles. The molecular weight excluding hydrogens is 242 g/mol. The number of ether oxygens (including phenoxy) is 2. The molecule has 2 rings (SSSR count). The van der Waals surface area contributed by atoms with Crippen LogP contribution in [0, 0.1) is 0 Å². The van der Waals surface area contributed by atoms with Crippen LogP contribution in [0.2, 0.25) is 0 Å². The first-order chi connectivity index (χ1) is 9.08. The Morgan fingerprint density at radius 2 is 1.89 bits per heavy atom. The summed E-state index contributed by atoms with van der Waals surface area (Å²) < 4.78 is 10.3. The summed E-state index contributed by atoms with van der Waals surface area (Å²) in [7, 11) is 3.12. The average Bonchev–Trinajstić information content (AvgIpc) is 2.44. The Kier molecular flexibility index (Phi) is 4.14. The second-order valence-corrected chi connectivity index (χ2v) is 4.76. The maximum Gasteiger partial charge on any atom is 0.159 e. The zero-order valence-electron chi connectivity index (χ0n) is 11.5. The number of rotatable bonds is 5. The van der Waals surface area contributed by atoms with Gasteiger partial charge < -0.3 is 14.6 Å². The van der Waals surface area contributed by atoms with Crippen LogP contribution < -0.4 is 0 Å². The van der Waals surface area contributed by atoms with E-state index >= 15 is 0 Å². The molecule has 0 aliphatic rings. The van der Waals surface area contributed by atoms with E-state index in [9.17, 15) is 5.11 Å². The van der Waals surface area contributed by atoms with E-state index < -0.39 is 11.9 Å². The highest BCUT2D eigenvalue weighted by molar-refractivity contribution is 5.82. The second kappa shape index (κ2) is 5.65. The highest BCUT2D eigenvalue weighted by Gasteiger charge is 2.29. The van der Waals surface area contributed by atoms with Crippen LogP contribution >= 0.6 is 0 Å². The van der Waals surface area contributed by atoms with Gasteiger partial charge in [0.25, 0.3) is 0 Å². The zero-order chi connectivity index (χ0) is 13.9. The molecule has 1 atom stereocenters. The Morgan fingerprint density at radius 3 is 2.58 bits per heavy atom. The lowest BCUT2D eigenvalue weighted by Crippen LogP contribution is -2.30. The molecule has 0 aliphatic heterocycles. The van der Waals surface area contributed by atoms with Gasteiger partial charge in [-0.15, -0.1) is 0 Å². The van der Waals surface area contributed by atoms with Gasteiger partial charge in [0.05, 0.1) is 11.1 Å². The van der Waals surface area contributed by atoms with Gasteiger partial charge in [-0.05, 0) is 13.0 Å². The van der Waals surface area contributed by atoms with Crippen LogP contribution in [0.15, 0.2) is 36.5 Å². The molecule has 102 valence electrons. The first kappa shape index (κ1) is 13.9. The molecule has 0 aliphatic carbocycles. The third-order valence-electron chi connectivity index (χ3n) is 3.30. The van der Waals surface area contributed by atoms with Crippen LogP contribution in [0.3, 0.4) is 0 Å². The quantitative estimate of drug-likeness (QED) is 0.840. The summed E-state index contributed by atoms with van der Waals surface area (Å²) in [5.74, 6) is 0. The molecule has 0 fully saturated rings. The third kappa shape index (κ3) is 2.92. The lowest BCUT2D eigenvalue weighted by molar-refractivity contribution is -0.141. The Morgan fingerprint density at radius 1 is 1.21 bits per heavy atom. The van der Waals surface area contributed by atoms with Crippen LogP contribution in [0.1, 0.15) is 18.9 Å². The zero-order valence-corrected chi connectivity index (χ0v) is 11.5. The predicted molar refractivity (Wildman–Crippen MR) is 73.7 cm³/mol. The summed E-state index contributed by atoms with van der Waals surface area (Å²) in [5.41, 5.74) is 0.524. The normalized spacial score (nSPS) is 14.8. The van der Waals surface area contributed by atoms with Crippen LogP contribution in [0.5, 0.6) is 0 Å². The third-order valence-corrected chi connectivity index (χ3v) is 3.30. The summed E-state index contributed by atoms with van der Waals surface area (Å²) in [4.78, 5) is 4.36. The predicted octanol–water partition coefficient (Wildman–Crippen LogP) is 2.45. The van der Waals surface area contributed by atoms with Crippen molar-refractivity contribution < 1.29 is 14.6 Å². The molecule has 0 amide bonds. The largest absolute Gasteiger partial charge is 0.385 e. The summed E-state index contributed by atoms with van der Waals surface area (Å²) in [6.07, 6.45) is 1.62. The Labute approximate surface area is 113 Å². The van der Waals surface area contributed by atoms with Gasteiger partial charge in [-0.3, -0.25) is 4.98 Å². The van der Waals surface area contributed by atoms with Crippen LogP contribution in [0.25, 0.3) is 10.9 Å². The molecule has 1 unspecified atom stereocenters. The van der Waals surface area contributed by atoms with Crippen molar-refractivity contribution in [1.82, 2.24) is 4.98 Å². The fourth-order valence-electron chi connectivity index (χ4n) is 2.24. The number of methoxy groups -OCH3 is 2. The minimum Gasteiger partial charge on any atom is -0.385 e. The highest BCUT2D eigenvalue weighted by Crippen LogP contribution is 2.31. The lowest BCUT2D eigenvalue weighted by Gasteiger charge is -2.28. The molecule has 4 heteroatoms. The average molecular weight is 261 g/mol. The number of hydrogen-bond acceptors (Lipinski definition) is 4. The molecule has 1 heterocycles. The number of pyridine rings is 1. The molecule has 0 saturated carbocycles. The molecule has 2 aromatic rings. The van der Waals surface area contributed by atoms with E-state index in [4.69, 9.17) is 9.47 Å². The minimum atomic E-state index is -1.06. The van der Waals surface area contributed by atoms with E-state index in [1.54, 1.807) is 27.3 Å². The maximum atomic E-state index is 10.7. The van der Waals surface area contributed by atoms with Gasteiger partial charge in [-0.2, -0.15) is 0 Å². The number of hydrogen-bond donors (Lipinski definition) is 1. The van der Waals surface area contributed by atoms with Crippen LogP contribution in [-0.2, 0) is 15.1 Å². The second-order valence-electron chi connectivity index (χ2n) is 4.76. The van der Waals surface area contributed by atoms with Crippen molar-refractivity contribution in [3.8, 4) is 0 Å². The minimum absolute atomic E-state index is 0.343. The number of nitrogens with zero attached hydrogens (tertiary/aromatic N) is 1. The smallest absolute Gasteiger partial charge is 0.159 e. The van der Waals surface area contributed by atoms with Gasteiger partial charge in [-0.25, -0.2) is 0 Å². The van der Waals surface area contributed by atoms with E-state index in [1.165, 1.54) is 0 Å². The Bertz CT molecular complexity index is 545. The van der Waals surface area contributed by atoms with Gasteiger partial charge in [0.15, 0.2) is 6.29 Å². The van der Waals surface area contributed by atoms with Gasteiger partial charge in [0.2, 0.25) is 0 Å². The molecule has 0 bridgehead atoms. The van der Waals surface area contributed by atoms with Gasteiger partial charge >= 0.3 is 0 Å². The number of fused-ring (bicyclic) bond motifs is 1. The molecule has 19 heavy (non-hydrogen) atoms. The molecule has 0 radical (unpaired) electrons. The fourth-order valence-corrected chi connectivity index (χ4v) is 2.24. The molecule has 1 aromatic carbocycles. The number of para-hydroxylation sites is 1. The van der Waals surface area contributed by atoms with Crippen molar-refractivity contribution in [1.29, 1.82) is 0 Å². The topological polar surface area (TPSA) is 51.6 Å². The van der Waals surface area contributed by atoms with E-state index in [2.05, 4.69) is 4.98 Å². The fraction of sp³-hybridized carbons (Fsp3) is 0.400. The van der Waals surface area contributed by atoms with Gasteiger partial charge in [-0.1, -0.05) is 24.3 Å². The molecular formula is C15H19NO3. The summed E-state index contributed by atoms with van der Waals surface area (Å²) in [6.45, 7) is 1.75. The standard InChI is InChI=1S/C15H19NO3/c1-15(17,10-13(18-2)19-3)12-8-4-6-11-7-5-9-16-14(11)12/h4-9,13,17H,10H2,1-3H3. The Balaban J connectivity index is 2.42. The summed E-state index contributed by atoms with van der Waals surface area (Å²) >= 11 is 0. The molecule has 0 saturated heterocycles. The van der Waals surface area contributed by atoms with Crippen LogP contribution in [0.4, 0.5) is 0 Å². The van der Waals surface area contributed by atoms with Crippen molar-refractivity contribution in [2.45, 2.75) is 25.2 Å². The first-order valence-electron chi connectivity index (χ1n) is 6.20. The van der Waals surface area contributed by atoms with E-state index in [0.29, 0.717) is 6.42 Å². The monoisotopic (exact) mass is 261 g/mol. The molecule has 1 N–H and O–H groups in total. The summed E-state index contributed by atoms with van der Waals surface area (Å²) in [5, 5.41) is 11.7. The SMILES string of the molecule is COC(CC(C)(O)c1cccc2cccnc12)OC. The molecule has 4 nitrogen and oxygen atoms in total. The highest BCUT2D eigenvalue weighted by atomic mass is 16.7. The first-order valence-corrected chi connectivity index (χ1v) is 6.20. The Hall–Kier alpha value is -1.49. The lowest BCUT2D eigenvalue weighted by atomic mass is 9.90. The van der Waals surface area contributed by atoms with Crippen molar-refractivity contribution >= 4 is 10.9 Å². The number of aromatic nitrogens is 1. The number of aliphatic hydroxyl groups is 1. The number of benzene rings is 1. The van der Waals surface area contributed by atoms with E-state index in [1.807, 2.05) is 30.3 Å². The van der Waals surface area contributed by atoms with E-state index in [0.717, 1.165) is 16.5 Å². The summed E-state index contributed by atoms with van der Waals surface area (Å²) in [6, 6.07) is 9.64. The van der Waals surface area contributed by atoms with Gasteiger partial charge in [0, 0.05) is 37.8 Å². The van der Waals surface area contributed by atoms with E-state index in [-0.39, 0.29) is 0 Å². The van der Waals surface area contributed by atoms with Crippen LogP contribution in [-0.4, -0.2) is 30.6 Å². The van der Waals surface area contributed by atoms with Gasteiger partial charge in [0.1, 0.15) is 0 Å². The molecule has 0 spiro atoms. The van der Waals surface area contributed by atoms with Crippen molar-refractivity contribution in [2.24, 2.45) is 0 Å². The van der Waals surface area contributed by atoms with Crippen molar-refractivity contribution in [2.75, 3.05) is 14.2 Å². The van der Waals surface area contributed by atoms with Crippen molar-refractivity contribution in [3.05, 3.63) is 42.1 Å².